The van der Waals surface area contributed by atoms with Crippen molar-refractivity contribution in [1.82, 2.24) is 5.32 Å². The molecule has 4 N–H and O–H groups in total. The molecule has 0 saturated carbocycles. The Morgan fingerprint density at radius 1 is 1.04 bits per heavy atom. The van der Waals surface area contributed by atoms with Crippen LogP contribution in [0.15, 0.2) is 42.5 Å². The summed E-state index contributed by atoms with van der Waals surface area (Å²) in [5.41, 5.74) is 7.84. The number of carbonyl (C=O) groups excluding carboxylic acids is 3. The Labute approximate surface area is 164 Å². The van der Waals surface area contributed by atoms with Crippen LogP contribution in [0.5, 0.6) is 0 Å². The third-order valence-corrected chi connectivity index (χ3v) is 4.00. The topological polar surface area (TPSA) is 111 Å². The fourth-order valence-corrected chi connectivity index (χ4v) is 2.44. The molecule has 2 aromatic carbocycles. The fourth-order valence-electron chi connectivity index (χ4n) is 2.44. The van der Waals surface area contributed by atoms with Crippen molar-refractivity contribution >= 4 is 29.2 Å². The lowest BCUT2D eigenvalue weighted by molar-refractivity contribution is -0.119. The van der Waals surface area contributed by atoms with Crippen LogP contribution in [-0.4, -0.2) is 30.9 Å². The molecular formula is C21H25N3O4. The van der Waals surface area contributed by atoms with Crippen molar-refractivity contribution in [3.05, 3.63) is 59.2 Å². The van der Waals surface area contributed by atoms with Crippen LogP contribution in [0.3, 0.4) is 0 Å². The molecule has 2 amide bonds. The number of carbonyl (C=O) groups is 3. The van der Waals surface area contributed by atoms with E-state index in [2.05, 4.69) is 10.6 Å². The fraction of sp³-hybridized carbons (Fsp3) is 0.286. The number of ether oxygens (including phenoxy) is 1. The van der Waals surface area contributed by atoms with Gasteiger partial charge in [0.25, 0.3) is 11.8 Å². The summed E-state index contributed by atoms with van der Waals surface area (Å²) in [6, 6.07) is 11.6. The number of esters is 1. The monoisotopic (exact) mass is 383 g/mol. The molecule has 0 aromatic heterocycles. The van der Waals surface area contributed by atoms with Crippen LogP contribution in [0.25, 0.3) is 0 Å². The number of hydrogen-bond acceptors (Lipinski definition) is 5. The van der Waals surface area contributed by atoms with Gasteiger partial charge in [0.15, 0.2) is 6.61 Å². The zero-order chi connectivity index (χ0) is 20.7. The molecule has 0 bridgehead atoms. The molecule has 0 unspecified atom stereocenters. The first-order chi connectivity index (χ1) is 13.3. The van der Waals surface area contributed by atoms with Gasteiger partial charge in [0.05, 0.1) is 16.8 Å². The Bertz CT molecular complexity index is 878. The summed E-state index contributed by atoms with van der Waals surface area (Å²) < 4.78 is 5.05. The number of nitrogens with one attached hydrogen (secondary N) is 2. The number of aryl methyl sites for hydroxylation is 1. The third kappa shape index (κ3) is 5.57. The van der Waals surface area contributed by atoms with E-state index < -0.39 is 18.5 Å². The molecule has 0 radical (unpaired) electrons. The molecule has 0 saturated heterocycles. The van der Waals surface area contributed by atoms with Crippen molar-refractivity contribution < 1.29 is 19.1 Å². The molecule has 0 atom stereocenters. The molecule has 0 aliphatic rings. The number of hydrogen-bond donors (Lipinski definition) is 3. The van der Waals surface area contributed by atoms with Gasteiger partial charge in [0.2, 0.25) is 0 Å². The summed E-state index contributed by atoms with van der Waals surface area (Å²) in [6.45, 7) is 5.79. The number of amides is 2. The van der Waals surface area contributed by atoms with E-state index >= 15 is 0 Å². The van der Waals surface area contributed by atoms with Gasteiger partial charge in [-0.1, -0.05) is 38.1 Å². The SMILES string of the molecule is Cc1cccc(C(=O)OCC(=O)Nc2ccccc2C(=O)NCC(C)C)c1N. The number of para-hydroxylation sites is 2. The lowest BCUT2D eigenvalue weighted by Crippen LogP contribution is -2.29. The summed E-state index contributed by atoms with van der Waals surface area (Å²) in [5.74, 6) is -1.21. The second kappa shape index (κ2) is 9.55. The highest BCUT2D eigenvalue weighted by atomic mass is 16.5. The van der Waals surface area contributed by atoms with Crippen LogP contribution < -0.4 is 16.4 Å². The Hall–Kier alpha value is -3.35. The smallest absolute Gasteiger partial charge is 0.340 e. The number of benzene rings is 2. The number of rotatable bonds is 7. The molecule has 28 heavy (non-hydrogen) atoms. The molecule has 7 nitrogen and oxygen atoms in total. The molecule has 0 heterocycles. The first-order valence-corrected chi connectivity index (χ1v) is 8.99. The maximum atomic E-state index is 12.3. The summed E-state index contributed by atoms with van der Waals surface area (Å²) in [6.07, 6.45) is 0. The average molecular weight is 383 g/mol. The van der Waals surface area contributed by atoms with Crippen molar-refractivity contribution in [1.29, 1.82) is 0 Å². The highest BCUT2D eigenvalue weighted by Crippen LogP contribution is 2.18. The van der Waals surface area contributed by atoms with Gasteiger partial charge in [0.1, 0.15) is 0 Å². The summed E-state index contributed by atoms with van der Waals surface area (Å²) in [4.78, 5) is 36.7. The normalized spacial score (nSPS) is 10.4. The van der Waals surface area contributed by atoms with Gasteiger partial charge in [-0.25, -0.2) is 4.79 Å². The maximum absolute atomic E-state index is 12.3. The van der Waals surface area contributed by atoms with Crippen LogP contribution in [0, 0.1) is 12.8 Å². The Morgan fingerprint density at radius 2 is 1.71 bits per heavy atom. The van der Waals surface area contributed by atoms with E-state index in [0.29, 0.717) is 29.4 Å². The van der Waals surface area contributed by atoms with E-state index in [4.69, 9.17) is 10.5 Å². The van der Waals surface area contributed by atoms with Crippen molar-refractivity contribution in [2.24, 2.45) is 5.92 Å². The van der Waals surface area contributed by atoms with Crippen molar-refractivity contribution in [2.75, 3.05) is 24.2 Å². The van der Waals surface area contributed by atoms with Crippen LogP contribution in [0.1, 0.15) is 40.1 Å². The minimum absolute atomic E-state index is 0.210. The Kier molecular flexibility index (Phi) is 7.14. The molecule has 2 rings (SSSR count). The van der Waals surface area contributed by atoms with E-state index in [9.17, 15) is 14.4 Å². The zero-order valence-corrected chi connectivity index (χ0v) is 16.2. The van der Waals surface area contributed by atoms with Crippen LogP contribution in [0.2, 0.25) is 0 Å². The second-order valence-electron chi connectivity index (χ2n) is 6.81. The zero-order valence-electron chi connectivity index (χ0n) is 16.2. The Morgan fingerprint density at radius 3 is 2.43 bits per heavy atom. The van der Waals surface area contributed by atoms with Crippen molar-refractivity contribution in [3.8, 4) is 0 Å². The largest absolute Gasteiger partial charge is 0.452 e. The quantitative estimate of drug-likeness (QED) is 0.503. The number of nitrogens with two attached hydrogens (primary N) is 1. The average Bonchev–Trinajstić information content (AvgIpc) is 2.66. The molecule has 0 spiro atoms. The van der Waals surface area contributed by atoms with E-state index in [1.165, 1.54) is 6.07 Å². The molecular weight excluding hydrogens is 358 g/mol. The standard InChI is InChI=1S/C21H25N3O4/c1-13(2)11-23-20(26)15-8-4-5-10-17(15)24-18(25)12-28-21(27)16-9-6-7-14(3)19(16)22/h4-10,13H,11-12,22H2,1-3H3,(H,23,26)(H,24,25). The van der Waals surface area contributed by atoms with Crippen molar-refractivity contribution in [3.63, 3.8) is 0 Å². The van der Waals surface area contributed by atoms with Crippen LogP contribution >= 0.6 is 0 Å². The first-order valence-electron chi connectivity index (χ1n) is 8.99. The van der Waals surface area contributed by atoms with Gasteiger partial charge < -0.3 is 21.1 Å². The van der Waals surface area contributed by atoms with Crippen LogP contribution in [0.4, 0.5) is 11.4 Å². The predicted octanol–water partition coefficient (Wildman–Crippen LogP) is 2.76. The molecule has 0 fully saturated rings. The first kappa shape index (κ1) is 21.0. The van der Waals surface area contributed by atoms with Gasteiger partial charge in [-0.05, 0) is 36.6 Å². The second-order valence-corrected chi connectivity index (χ2v) is 6.81. The van der Waals surface area contributed by atoms with E-state index in [0.717, 1.165) is 5.56 Å². The molecule has 0 aliphatic heterocycles. The van der Waals surface area contributed by atoms with Gasteiger partial charge >= 0.3 is 5.97 Å². The van der Waals surface area contributed by atoms with E-state index in [1.54, 1.807) is 43.3 Å². The third-order valence-electron chi connectivity index (χ3n) is 4.00. The van der Waals surface area contributed by atoms with Gasteiger partial charge in [-0.15, -0.1) is 0 Å². The van der Waals surface area contributed by atoms with Crippen LogP contribution in [-0.2, 0) is 9.53 Å². The number of anilines is 2. The highest BCUT2D eigenvalue weighted by molar-refractivity contribution is 6.04. The van der Waals surface area contributed by atoms with E-state index in [-0.39, 0.29) is 11.5 Å². The minimum Gasteiger partial charge on any atom is -0.452 e. The molecule has 0 aliphatic carbocycles. The summed E-state index contributed by atoms with van der Waals surface area (Å²) in [5, 5.41) is 5.41. The predicted molar refractivity (Wildman–Crippen MR) is 108 cm³/mol. The molecule has 148 valence electrons. The minimum atomic E-state index is -0.681. The van der Waals surface area contributed by atoms with Gasteiger partial charge in [-0.3, -0.25) is 9.59 Å². The molecule has 7 heteroatoms. The summed E-state index contributed by atoms with van der Waals surface area (Å²) in [7, 11) is 0. The van der Waals surface area contributed by atoms with Gasteiger partial charge in [-0.2, -0.15) is 0 Å². The number of nitrogen functional groups attached to an aromatic ring is 1. The van der Waals surface area contributed by atoms with E-state index in [1.807, 2.05) is 13.8 Å². The Balaban J connectivity index is 1.99. The lowest BCUT2D eigenvalue weighted by atomic mass is 10.1. The molecule has 2 aromatic rings. The maximum Gasteiger partial charge on any atom is 0.340 e. The van der Waals surface area contributed by atoms with Crippen molar-refractivity contribution in [2.45, 2.75) is 20.8 Å². The summed E-state index contributed by atoms with van der Waals surface area (Å²) >= 11 is 0. The highest BCUT2D eigenvalue weighted by Gasteiger charge is 2.16. The van der Waals surface area contributed by atoms with Gasteiger partial charge in [0, 0.05) is 12.2 Å². The lowest BCUT2D eigenvalue weighted by Gasteiger charge is -2.13.